The number of nitrogens with zero attached hydrogens (tertiary/aromatic N) is 1. The lowest BCUT2D eigenvalue weighted by molar-refractivity contribution is -0.130. The number of hydrogen-bond acceptors (Lipinski definition) is 3. The van der Waals surface area contributed by atoms with Gasteiger partial charge < -0.3 is 14.4 Å². The summed E-state index contributed by atoms with van der Waals surface area (Å²) in [7, 11) is 3.52. The number of fused-ring (bicyclic) bond motifs is 1. The molecule has 1 aliphatic rings. The molecule has 2 aromatic rings. The number of amides is 1. The predicted octanol–water partition coefficient (Wildman–Crippen LogP) is 4.04. The Kier molecular flexibility index (Phi) is 6.16. The van der Waals surface area contributed by atoms with E-state index in [-0.39, 0.29) is 5.91 Å². The molecule has 0 N–H and O–H groups in total. The van der Waals surface area contributed by atoms with Gasteiger partial charge in [0.25, 0.3) is 0 Å². The zero-order valence-corrected chi connectivity index (χ0v) is 15.6. The first-order valence-electron chi connectivity index (χ1n) is 9.26. The molecule has 0 fully saturated rings. The summed E-state index contributed by atoms with van der Waals surface area (Å²) in [5.74, 6) is 2.05. The maximum atomic E-state index is 12.5. The van der Waals surface area contributed by atoms with Crippen LogP contribution in [0.1, 0.15) is 36.3 Å². The molecule has 0 saturated heterocycles. The van der Waals surface area contributed by atoms with Crippen molar-refractivity contribution >= 4 is 5.91 Å². The summed E-state index contributed by atoms with van der Waals surface area (Å²) in [4.78, 5) is 14.4. The van der Waals surface area contributed by atoms with Crippen LogP contribution < -0.4 is 9.47 Å². The summed E-state index contributed by atoms with van der Waals surface area (Å²) < 4.78 is 11.1. The fourth-order valence-electron chi connectivity index (χ4n) is 3.57. The normalized spacial score (nSPS) is 15.4. The van der Waals surface area contributed by atoms with Gasteiger partial charge >= 0.3 is 0 Å². The van der Waals surface area contributed by atoms with E-state index in [1.165, 1.54) is 11.1 Å². The quantitative estimate of drug-likeness (QED) is 0.672. The highest BCUT2D eigenvalue weighted by atomic mass is 16.5. The highest BCUT2D eigenvalue weighted by Gasteiger charge is 2.25. The molecule has 4 nitrogen and oxygen atoms in total. The molecule has 1 aliphatic carbocycles. The highest BCUT2D eigenvalue weighted by Crippen LogP contribution is 2.35. The molecule has 0 spiro atoms. The molecule has 0 bridgehead atoms. The van der Waals surface area contributed by atoms with Crippen LogP contribution in [0.3, 0.4) is 0 Å². The molecule has 1 amide bonds. The molecule has 0 saturated carbocycles. The summed E-state index contributed by atoms with van der Waals surface area (Å²) in [5.41, 5.74) is 2.76. The number of hydrogen-bond donors (Lipinski definition) is 0. The molecule has 26 heavy (non-hydrogen) atoms. The Morgan fingerprint density at radius 2 is 1.85 bits per heavy atom. The van der Waals surface area contributed by atoms with Gasteiger partial charge in [0, 0.05) is 20.0 Å². The highest BCUT2D eigenvalue weighted by molar-refractivity contribution is 5.77. The van der Waals surface area contributed by atoms with E-state index < -0.39 is 0 Å². The molecule has 3 rings (SSSR count). The number of methoxy groups -OCH3 is 1. The van der Waals surface area contributed by atoms with Crippen LogP contribution in [0.4, 0.5) is 0 Å². The predicted molar refractivity (Wildman–Crippen MR) is 103 cm³/mol. The number of rotatable bonds is 8. The third-order valence-corrected chi connectivity index (χ3v) is 5.07. The first-order valence-corrected chi connectivity index (χ1v) is 9.26. The molecular weight excluding hydrogens is 326 g/mol. The van der Waals surface area contributed by atoms with Gasteiger partial charge in [-0.3, -0.25) is 4.79 Å². The fourth-order valence-corrected chi connectivity index (χ4v) is 3.57. The molecule has 0 aliphatic heterocycles. The molecular formula is C22H27NO3. The largest absolute Gasteiger partial charge is 0.493 e. The average Bonchev–Trinajstić information content (AvgIpc) is 3.08. The van der Waals surface area contributed by atoms with Crippen molar-refractivity contribution in [2.24, 2.45) is 0 Å². The summed E-state index contributed by atoms with van der Waals surface area (Å²) >= 11 is 0. The zero-order chi connectivity index (χ0) is 18.4. The van der Waals surface area contributed by atoms with E-state index in [0.717, 1.165) is 30.8 Å². The second-order valence-corrected chi connectivity index (χ2v) is 6.81. The van der Waals surface area contributed by atoms with E-state index in [2.05, 4.69) is 24.3 Å². The number of carbonyl (C=O) groups excluding carboxylic acids is 1. The molecule has 1 atom stereocenters. The third kappa shape index (κ3) is 4.37. The van der Waals surface area contributed by atoms with Gasteiger partial charge in [-0.25, -0.2) is 0 Å². The first-order chi connectivity index (χ1) is 12.7. The van der Waals surface area contributed by atoms with Gasteiger partial charge in [-0.2, -0.15) is 0 Å². The number of carbonyl (C=O) groups is 1. The lowest BCUT2D eigenvalue weighted by Crippen LogP contribution is -2.29. The SMILES string of the molecule is COc1ccccc1OCCCN(C)C(=O)C[C@@H]1CCc2ccccc21. The average molecular weight is 353 g/mol. The van der Waals surface area contributed by atoms with E-state index in [1.807, 2.05) is 36.2 Å². The number of ether oxygens (including phenoxy) is 2. The molecule has 2 aromatic carbocycles. The van der Waals surface area contributed by atoms with Gasteiger partial charge in [-0.1, -0.05) is 36.4 Å². The molecule has 0 heterocycles. The van der Waals surface area contributed by atoms with Crippen molar-refractivity contribution in [2.45, 2.75) is 31.6 Å². The number of aryl methyl sites for hydroxylation is 1. The van der Waals surface area contributed by atoms with Crippen molar-refractivity contribution in [1.29, 1.82) is 0 Å². The van der Waals surface area contributed by atoms with E-state index in [1.54, 1.807) is 7.11 Å². The van der Waals surface area contributed by atoms with Crippen LogP contribution in [0, 0.1) is 0 Å². The summed E-state index contributed by atoms with van der Waals surface area (Å²) in [6.07, 6.45) is 3.56. The van der Waals surface area contributed by atoms with Crippen molar-refractivity contribution in [3.05, 3.63) is 59.7 Å². The molecule has 138 valence electrons. The minimum atomic E-state index is 0.212. The van der Waals surface area contributed by atoms with E-state index in [0.29, 0.717) is 25.5 Å². The smallest absolute Gasteiger partial charge is 0.222 e. The second kappa shape index (κ2) is 8.75. The Bertz CT molecular complexity index is 744. The summed E-state index contributed by atoms with van der Waals surface area (Å²) in [5, 5.41) is 0. The van der Waals surface area contributed by atoms with Gasteiger partial charge in [0.15, 0.2) is 11.5 Å². The lowest BCUT2D eigenvalue weighted by Gasteiger charge is -2.20. The standard InChI is InChI=1S/C22H27NO3/c1-23(14-7-15-26-21-11-6-5-10-20(21)25-2)22(24)16-18-13-12-17-8-3-4-9-19(17)18/h3-6,8-11,18H,7,12-16H2,1-2H3/t18-/m0/s1. The Morgan fingerprint density at radius 3 is 2.65 bits per heavy atom. The topological polar surface area (TPSA) is 38.8 Å². The van der Waals surface area contributed by atoms with Crippen molar-refractivity contribution in [3.63, 3.8) is 0 Å². The Labute approximate surface area is 155 Å². The van der Waals surface area contributed by atoms with Crippen molar-refractivity contribution < 1.29 is 14.3 Å². The van der Waals surface area contributed by atoms with Crippen molar-refractivity contribution in [3.8, 4) is 11.5 Å². The van der Waals surface area contributed by atoms with E-state index in [9.17, 15) is 4.79 Å². The van der Waals surface area contributed by atoms with Gasteiger partial charge in [-0.15, -0.1) is 0 Å². The monoisotopic (exact) mass is 353 g/mol. The van der Waals surface area contributed by atoms with Gasteiger partial charge in [0.05, 0.1) is 13.7 Å². The van der Waals surface area contributed by atoms with Crippen LogP contribution in [-0.4, -0.2) is 38.1 Å². The van der Waals surface area contributed by atoms with Crippen LogP contribution in [0.5, 0.6) is 11.5 Å². The first kappa shape index (κ1) is 18.3. The van der Waals surface area contributed by atoms with Crippen LogP contribution >= 0.6 is 0 Å². The Hall–Kier alpha value is -2.49. The van der Waals surface area contributed by atoms with Crippen LogP contribution in [0.25, 0.3) is 0 Å². The van der Waals surface area contributed by atoms with Gasteiger partial charge in [-0.05, 0) is 48.4 Å². The van der Waals surface area contributed by atoms with Crippen molar-refractivity contribution in [2.75, 3.05) is 27.3 Å². The Morgan fingerprint density at radius 1 is 1.12 bits per heavy atom. The Balaban J connectivity index is 1.42. The van der Waals surface area contributed by atoms with E-state index in [4.69, 9.17) is 9.47 Å². The van der Waals surface area contributed by atoms with Gasteiger partial charge in [0.1, 0.15) is 0 Å². The minimum Gasteiger partial charge on any atom is -0.493 e. The molecule has 0 unspecified atom stereocenters. The second-order valence-electron chi connectivity index (χ2n) is 6.81. The third-order valence-electron chi connectivity index (χ3n) is 5.07. The van der Waals surface area contributed by atoms with Gasteiger partial charge in [0.2, 0.25) is 5.91 Å². The van der Waals surface area contributed by atoms with Crippen LogP contribution in [-0.2, 0) is 11.2 Å². The van der Waals surface area contributed by atoms with E-state index >= 15 is 0 Å². The fraction of sp³-hybridized carbons (Fsp3) is 0.409. The van der Waals surface area contributed by atoms with Crippen LogP contribution in [0.15, 0.2) is 48.5 Å². The van der Waals surface area contributed by atoms with Crippen molar-refractivity contribution in [1.82, 2.24) is 4.90 Å². The number of para-hydroxylation sites is 2. The summed E-state index contributed by atoms with van der Waals surface area (Å²) in [6, 6.07) is 16.1. The maximum absolute atomic E-state index is 12.5. The minimum absolute atomic E-state index is 0.212. The lowest BCUT2D eigenvalue weighted by atomic mass is 9.97. The number of benzene rings is 2. The zero-order valence-electron chi connectivity index (χ0n) is 15.6. The molecule has 4 heteroatoms. The maximum Gasteiger partial charge on any atom is 0.222 e. The molecule has 0 aromatic heterocycles. The van der Waals surface area contributed by atoms with Crippen LogP contribution in [0.2, 0.25) is 0 Å². The summed E-state index contributed by atoms with van der Waals surface area (Å²) in [6.45, 7) is 1.26. The molecule has 0 radical (unpaired) electrons.